The van der Waals surface area contributed by atoms with Crippen molar-refractivity contribution in [3.63, 3.8) is 0 Å². The van der Waals surface area contributed by atoms with Gasteiger partial charge in [-0.2, -0.15) is 0 Å². The van der Waals surface area contributed by atoms with Gasteiger partial charge in [-0.05, 0) is 54.6 Å². The van der Waals surface area contributed by atoms with E-state index in [2.05, 4.69) is 30.5 Å². The quantitative estimate of drug-likeness (QED) is 0.754. The van der Waals surface area contributed by atoms with Crippen LogP contribution < -0.4 is 10.6 Å². The summed E-state index contributed by atoms with van der Waals surface area (Å²) in [5, 5.41) is 6.15. The van der Waals surface area contributed by atoms with E-state index in [0.29, 0.717) is 12.5 Å². The minimum Gasteiger partial charge on any atom is -0.324 e. The number of halogens is 1. The smallest absolute Gasteiger partial charge is 0.238 e. The zero-order valence-electron chi connectivity index (χ0n) is 14.5. The minimum atomic E-state index is -0.231. The first kappa shape index (κ1) is 18.1. The van der Waals surface area contributed by atoms with Crippen molar-refractivity contribution < 1.29 is 9.18 Å². The first-order valence-electron chi connectivity index (χ1n) is 8.32. The van der Waals surface area contributed by atoms with Gasteiger partial charge in [-0.3, -0.25) is 4.79 Å². The van der Waals surface area contributed by atoms with E-state index in [-0.39, 0.29) is 18.3 Å². The largest absolute Gasteiger partial charge is 0.324 e. The number of nitrogens with one attached hydrogen (secondary N) is 2. The molecule has 2 aromatic carbocycles. The Bertz CT molecular complexity index is 681. The third-order valence-electron chi connectivity index (χ3n) is 3.98. The summed E-state index contributed by atoms with van der Waals surface area (Å²) in [6, 6.07) is 12.5. The van der Waals surface area contributed by atoms with E-state index in [4.69, 9.17) is 0 Å². The Hall–Kier alpha value is -2.20. The van der Waals surface area contributed by atoms with Crippen molar-refractivity contribution in [2.75, 3.05) is 18.4 Å². The SMILES string of the molecule is Cc1cccc(C(C)C)c1NC(=O)CNCCc1ccc(F)cc1. The lowest BCUT2D eigenvalue weighted by Gasteiger charge is -2.16. The number of hydrogen-bond donors (Lipinski definition) is 2. The van der Waals surface area contributed by atoms with E-state index in [0.717, 1.165) is 28.8 Å². The van der Waals surface area contributed by atoms with Crippen LogP contribution in [0.2, 0.25) is 0 Å². The van der Waals surface area contributed by atoms with Gasteiger partial charge in [0.15, 0.2) is 0 Å². The van der Waals surface area contributed by atoms with Crippen LogP contribution in [-0.2, 0) is 11.2 Å². The first-order chi connectivity index (χ1) is 11.5. The highest BCUT2D eigenvalue weighted by Gasteiger charge is 2.11. The highest BCUT2D eigenvalue weighted by molar-refractivity contribution is 5.93. The average Bonchev–Trinajstić information content (AvgIpc) is 2.55. The summed E-state index contributed by atoms with van der Waals surface area (Å²) in [5.41, 5.74) is 4.18. The van der Waals surface area contributed by atoms with Gasteiger partial charge in [-0.25, -0.2) is 4.39 Å². The molecule has 2 aromatic rings. The van der Waals surface area contributed by atoms with Gasteiger partial charge in [0.05, 0.1) is 6.54 Å². The Morgan fingerprint density at radius 2 is 1.83 bits per heavy atom. The number of amides is 1. The van der Waals surface area contributed by atoms with Crippen LogP contribution in [-0.4, -0.2) is 19.0 Å². The van der Waals surface area contributed by atoms with Crippen LogP contribution in [0.5, 0.6) is 0 Å². The molecule has 0 spiro atoms. The lowest BCUT2D eigenvalue weighted by molar-refractivity contribution is -0.115. The molecule has 4 heteroatoms. The van der Waals surface area contributed by atoms with Crippen molar-refractivity contribution in [2.24, 2.45) is 0 Å². The fourth-order valence-corrected chi connectivity index (χ4v) is 2.61. The summed E-state index contributed by atoms with van der Waals surface area (Å²) in [6.45, 7) is 7.16. The van der Waals surface area contributed by atoms with Crippen LogP contribution in [0.15, 0.2) is 42.5 Å². The molecule has 128 valence electrons. The molecule has 0 aliphatic carbocycles. The summed E-state index contributed by atoms with van der Waals surface area (Å²) in [6.07, 6.45) is 0.759. The number of rotatable bonds is 7. The standard InChI is InChI=1S/C20H25FN2O/c1-14(2)18-6-4-5-15(3)20(18)23-19(24)13-22-12-11-16-7-9-17(21)10-8-16/h4-10,14,22H,11-13H2,1-3H3,(H,23,24). The zero-order chi connectivity index (χ0) is 17.5. The Morgan fingerprint density at radius 1 is 1.12 bits per heavy atom. The Kier molecular flexibility index (Phi) is 6.50. The molecular formula is C20H25FN2O. The fraction of sp³-hybridized carbons (Fsp3) is 0.350. The lowest BCUT2D eigenvalue weighted by atomic mass is 9.98. The van der Waals surface area contributed by atoms with E-state index < -0.39 is 0 Å². The number of benzene rings is 2. The molecular weight excluding hydrogens is 303 g/mol. The van der Waals surface area contributed by atoms with Gasteiger partial charge in [0.2, 0.25) is 5.91 Å². The molecule has 3 nitrogen and oxygen atoms in total. The van der Waals surface area contributed by atoms with Gasteiger partial charge < -0.3 is 10.6 Å². The molecule has 2 rings (SSSR count). The molecule has 0 saturated carbocycles. The van der Waals surface area contributed by atoms with Gasteiger partial charge in [0, 0.05) is 5.69 Å². The third-order valence-corrected chi connectivity index (χ3v) is 3.98. The fourth-order valence-electron chi connectivity index (χ4n) is 2.61. The predicted octanol–water partition coefficient (Wildman–Crippen LogP) is 4.03. The molecule has 0 aliphatic heterocycles. The first-order valence-corrected chi connectivity index (χ1v) is 8.32. The van der Waals surface area contributed by atoms with Crippen molar-refractivity contribution in [1.82, 2.24) is 5.32 Å². The lowest BCUT2D eigenvalue weighted by Crippen LogP contribution is -2.30. The van der Waals surface area contributed by atoms with Crippen molar-refractivity contribution >= 4 is 11.6 Å². The van der Waals surface area contributed by atoms with Crippen LogP contribution in [0.4, 0.5) is 10.1 Å². The Morgan fingerprint density at radius 3 is 2.50 bits per heavy atom. The van der Waals surface area contributed by atoms with E-state index in [1.54, 1.807) is 12.1 Å². The van der Waals surface area contributed by atoms with Gasteiger partial charge in [-0.1, -0.05) is 44.2 Å². The second-order valence-electron chi connectivity index (χ2n) is 6.30. The monoisotopic (exact) mass is 328 g/mol. The van der Waals surface area contributed by atoms with E-state index in [1.807, 2.05) is 19.1 Å². The van der Waals surface area contributed by atoms with Crippen LogP contribution in [0.1, 0.15) is 36.5 Å². The topological polar surface area (TPSA) is 41.1 Å². The van der Waals surface area contributed by atoms with Crippen molar-refractivity contribution in [1.29, 1.82) is 0 Å². The summed E-state index contributed by atoms with van der Waals surface area (Å²) in [7, 11) is 0. The summed E-state index contributed by atoms with van der Waals surface area (Å²) in [4.78, 5) is 12.2. The number of anilines is 1. The van der Waals surface area contributed by atoms with Crippen LogP contribution >= 0.6 is 0 Å². The molecule has 1 amide bonds. The average molecular weight is 328 g/mol. The molecule has 0 heterocycles. The van der Waals surface area contributed by atoms with Crippen molar-refractivity contribution in [3.8, 4) is 0 Å². The number of carbonyl (C=O) groups is 1. The van der Waals surface area contributed by atoms with Gasteiger partial charge in [-0.15, -0.1) is 0 Å². The maximum absolute atomic E-state index is 12.8. The molecule has 0 aliphatic rings. The summed E-state index contributed by atoms with van der Waals surface area (Å²) >= 11 is 0. The molecule has 0 fully saturated rings. The van der Waals surface area contributed by atoms with Crippen LogP contribution in [0, 0.1) is 12.7 Å². The maximum atomic E-state index is 12.8. The molecule has 0 saturated heterocycles. The highest BCUT2D eigenvalue weighted by Crippen LogP contribution is 2.27. The van der Waals surface area contributed by atoms with Crippen molar-refractivity contribution in [3.05, 3.63) is 65.0 Å². The molecule has 24 heavy (non-hydrogen) atoms. The maximum Gasteiger partial charge on any atom is 0.238 e. The second-order valence-corrected chi connectivity index (χ2v) is 6.30. The number of carbonyl (C=O) groups excluding carboxylic acids is 1. The van der Waals surface area contributed by atoms with E-state index in [9.17, 15) is 9.18 Å². The van der Waals surface area contributed by atoms with Gasteiger partial charge in [0.25, 0.3) is 0 Å². The van der Waals surface area contributed by atoms with Crippen LogP contribution in [0.25, 0.3) is 0 Å². The Balaban J connectivity index is 1.82. The van der Waals surface area contributed by atoms with E-state index in [1.165, 1.54) is 12.1 Å². The van der Waals surface area contributed by atoms with E-state index >= 15 is 0 Å². The third kappa shape index (κ3) is 5.17. The normalized spacial score (nSPS) is 10.9. The minimum absolute atomic E-state index is 0.0506. The predicted molar refractivity (Wildman–Crippen MR) is 96.9 cm³/mol. The van der Waals surface area contributed by atoms with Crippen LogP contribution in [0.3, 0.4) is 0 Å². The number of aryl methyl sites for hydroxylation is 1. The van der Waals surface area contributed by atoms with Gasteiger partial charge >= 0.3 is 0 Å². The molecule has 0 bridgehead atoms. The molecule has 0 unspecified atom stereocenters. The van der Waals surface area contributed by atoms with Crippen molar-refractivity contribution in [2.45, 2.75) is 33.1 Å². The zero-order valence-corrected chi connectivity index (χ0v) is 14.5. The number of hydrogen-bond acceptors (Lipinski definition) is 2. The molecule has 0 aromatic heterocycles. The molecule has 2 N–H and O–H groups in total. The summed E-state index contributed by atoms with van der Waals surface area (Å²) in [5.74, 6) is 0.0715. The molecule has 0 radical (unpaired) electrons. The number of para-hydroxylation sites is 1. The second kappa shape index (κ2) is 8.60. The Labute approximate surface area is 143 Å². The highest BCUT2D eigenvalue weighted by atomic mass is 19.1. The van der Waals surface area contributed by atoms with Gasteiger partial charge in [0.1, 0.15) is 5.82 Å². The molecule has 0 atom stereocenters. The summed E-state index contributed by atoms with van der Waals surface area (Å²) < 4.78 is 12.8.